The highest BCUT2D eigenvalue weighted by Crippen LogP contribution is 2.11. The molecule has 0 saturated carbocycles. The number of carbonyl (C=O) groups excluding carboxylic acids is 1. The van der Waals surface area contributed by atoms with E-state index in [2.05, 4.69) is 26.5 Å². The van der Waals surface area contributed by atoms with E-state index in [4.69, 9.17) is 0 Å². The number of alkyl halides is 1. The third-order valence-corrected chi connectivity index (χ3v) is 3.07. The van der Waals surface area contributed by atoms with Crippen molar-refractivity contribution in [2.24, 2.45) is 0 Å². The van der Waals surface area contributed by atoms with Crippen LogP contribution in [-0.4, -0.2) is 34.1 Å². The first-order valence-corrected chi connectivity index (χ1v) is 6.74. The van der Waals surface area contributed by atoms with Crippen LogP contribution in [0.1, 0.15) is 30.3 Å². The molecule has 1 aromatic heterocycles. The van der Waals surface area contributed by atoms with Crippen LogP contribution in [0.25, 0.3) is 0 Å². The molecular weight excluding hydrogens is 275 g/mol. The minimum atomic E-state index is -1.06. The van der Waals surface area contributed by atoms with E-state index in [-0.39, 0.29) is 18.1 Å². The zero-order valence-electron chi connectivity index (χ0n) is 12.1. The summed E-state index contributed by atoms with van der Waals surface area (Å²) < 4.78 is 15.3. The highest BCUT2D eigenvalue weighted by atomic mass is 19.1. The number of carbonyl (C=O) groups is 1. The molecule has 1 aromatic rings. The SMILES string of the molecule is CNC(=O)c1cn(C[C@H](F)CCC2=CC=C(C)NN2)nn1. The summed E-state index contributed by atoms with van der Waals surface area (Å²) >= 11 is 0. The second kappa shape index (κ2) is 6.87. The zero-order chi connectivity index (χ0) is 15.2. The van der Waals surface area contributed by atoms with Gasteiger partial charge in [0, 0.05) is 18.4 Å². The van der Waals surface area contributed by atoms with Gasteiger partial charge in [-0.05, 0) is 31.9 Å². The van der Waals surface area contributed by atoms with Gasteiger partial charge in [0.25, 0.3) is 5.91 Å². The van der Waals surface area contributed by atoms with Gasteiger partial charge in [-0.3, -0.25) is 4.79 Å². The van der Waals surface area contributed by atoms with Crippen molar-refractivity contribution in [3.63, 3.8) is 0 Å². The van der Waals surface area contributed by atoms with E-state index in [0.29, 0.717) is 12.8 Å². The fourth-order valence-electron chi connectivity index (χ4n) is 1.86. The Morgan fingerprint density at radius 1 is 1.48 bits per heavy atom. The second-order valence-electron chi connectivity index (χ2n) is 4.83. The molecule has 0 unspecified atom stereocenters. The molecule has 1 atom stereocenters. The number of allylic oxidation sites excluding steroid dienone is 4. The summed E-state index contributed by atoms with van der Waals surface area (Å²) in [6.45, 7) is 2.02. The lowest BCUT2D eigenvalue weighted by Crippen LogP contribution is -2.32. The normalized spacial score (nSPS) is 15.4. The molecule has 0 aliphatic carbocycles. The summed E-state index contributed by atoms with van der Waals surface area (Å²) in [5, 5.41) is 9.88. The van der Waals surface area contributed by atoms with Gasteiger partial charge in [-0.1, -0.05) is 5.21 Å². The maximum Gasteiger partial charge on any atom is 0.273 e. The van der Waals surface area contributed by atoms with Crippen LogP contribution in [0, 0.1) is 0 Å². The standard InChI is InChI=1S/C13H19FN6O/c1-9-3-5-11(17-16-9)6-4-10(14)7-20-8-12(18-19-20)13(21)15-2/h3,5,8,10,16-17H,4,6-7H2,1-2H3,(H,15,21)/t10-/m1/s1. The zero-order valence-corrected chi connectivity index (χ0v) is 12.1. The molecule has 0 fully saturated rings. The Labute approximate surface area is 122 Å². The molecule has 114 valence electrons. The van der Waals surface area contributed by atoms with Crippen molar-refractivity contribution in [3.8, 4) is 0 Å². The Balaban J connectivity index is 1.80. The van der Waals surface area contributed by atoms with Crippen LogP contribution in [0.5, 0.6) is 0 Å². The van der Waals surface area contributed by atoms with Crippen molar-refractivity contribution < 1.29 is 9.18 Å². The van der Waals surface area contributed by atoms with Gasteiger partial charge >= 0.3 is 0 Å². The number of hydrogen-bond acceptors (Lipinski definition) is 5. The number of amides is 1. The highest BCUT2D eigenvalue weighted by Gasteiger charge is 2.13. The lowest BCUT2D eigenvalue weighted by Gasteiger charge is -2.17. The summed E-state index contributed by atoms with van der Waals surface area (Å²) in [6.07, 6.45) is 5.21. The predicted octanol–water partition coefficient (Wildman–Crippen LogP) is 0.651. The van der Waals surface area contributed by atoms with Crippen molar-refractivity contribution >= 4 is 5.91 Å². The van der Waals surface area contributed by atoms with Crippen molar-refractivity contribution in [1.82, 2.24) is 31.2 Å². The van der Waals surface area contributed by atoms with Crippen LogP contribution in [-0.2, 0) is 6.54 Å². The predicted molar refractivity (Wildman–Crippen MR) is 75.7 cm³/mol. The van der Waals surface area contributed by atoms with E-state index in [1.807, 2.05) is 19.1 Å². The Bertz CT molecular complexity index is 565. The topological polar surface area (TPSA) is 83.9 Å². The summed E-state index contributed by atoms with van der Waals surface area (Å²) in [5.74, 6) is -0.332. The first kappa shape index (κ1) is 15.0. The lowest BCUT2D eigenvalue weighted by atomic mass is 10.1. The maximum atomic E-state index is 13.9. The number of hydrazine groups is 1. The number of aromatic nitrogens is 3. The molecule has 2 heterocycles. The van der Waals surface area contributed by atoms with Gasteiger partial charge in [-0.2, -0.15) is 0 Å². The molecule has 21 heavy (non-hydrogen) atoms. The minimum Gasteiger partial charge on any atom is -0.354 e. The van der Waals surface area contributed by atoms with Gasteiger partial charge < -0.3 is 16.2 Å². The molecule has 1 aliphatic heterocycles. The van der Waals surface area contributed by atoms with Gasteiger partial charge in [0.05, 0.1) is 12.7 Å². The smallest absolute Gasteiger partial charge is 0.273 e. The quantitative estimate of drug-likeness (QED) is 0.717. The molecule has 2 rings (SSSR count). The average Bonchev–Trinajstić information content (AvgIpc) is 2.94. The van der Waals surface area contributed by atoms with Crippen LogP contribution in [0.2, 0.25) is 0 Å². The molecule has 0 bridgehead atoms. The minimum absolute atomic E-state index is 0.0829. The van der Waals surface area contributed by atoms with Crippen molar-refractivity contribution in [2.75, 3.05) is 7.05 Å². The van der Waals surface area contributed by atoms with Gasteiger partial charge in [0.15, 0.2) is 5.69 Å². The third kappa shape index (κ3) is 4.30. The molecule has 1 aliphatic rings. The number of nitrogens with one attached hydrogen (secondary N) is 3. The Hall–Kier alpha value is -2.38. The van der Waals surface area contributed by atoms with Gasteiger partial charge in [0.2, 0.25) is 0 Å². The van der Waals surface area contributed by atoms with Gasteiger partial charge in [-0.15, -0.1) is 5.10 Å². The molecule has 3 N–H and O–H groups in total. The van der Waals surface area contributed by atoms with Crippen LogP contribution in [0.3, 0.4) is 0 Å². The number of hydrogen-bond donors (Lipinski definition) is 3. The second-order valence-corrected chi connectivity index (χ2v) is 4.83. The summed E-state index contributed by atoms with van der Waals surface area (Å²) in [6, 6.07) is 0. The Kier molecular flexibility index (Phi) is 4.91. The van der Waals surface area contributed by atoms with Crippen molar-refractivity contribution in [3.05, 3.63) is 35.4 Å². The van der Waals surface area contributed by atoms with Gasteiger partial charge in [-0.25, -0.2) is 9.07 Å². The van der Waals surface area contributed by atoms with Crippen molar-refractivity contribution in [1.29, 1.82) is 0 Å². The van der Waals surface area contributed by atoms with Crippen LogP contribution < -0.4 is 16.2 Å². The third-order valence-electron chi connectivity index (χ3n) is 3.07. The van der Waals surface area contributed by atoms with Gasteiger partial charge in [0.1, 0.15) is 6.17 Å². The highest BCUT2D eigenvalue weighted by molar-refractivity contribution is 5.91. The monoisotopic (exact) mass is 294 g/mol. The first-order valence-electron chi connectivity index (χ1n) is 6.74. The average molecular weight is 294 g/mol. The van der Waals surface area contributed by atoms with Crippen molar-refractivity contribution in [2.45, 2.75) is 32.5 Å². The fourth-order valence-corrected chi connectivity index (χ4v) is 1.86. The van der Waals surface area contributed by atoms with E-state index in [1.54, 1.807) is 0 Å². The Morgan fingerprint density at radius 2 is 2.29 bits per heavy atom. The molecule has 0 radical (unpaired) electrons. The number of halogens is 1. The maximum absolute atomic E-state index is 13.9. The van der Waals surface area contributed by atoms with Crippen LogP contribution in [0.4, 0.5) is 4.39 Å². The Morgan fingerprint density at radius 3 is 2.95 bits per heavy atom. The number of nitrogens with zero attached hydrogens (tertiary/aromatic N) is 3. The van der Waals surface area contributed by atoms with Crippen LogP contribution >= 0.6 is 0 Å². The van der Waals surface area contributed by atoms with E-state index in [0.717, 1.165) is 11.4 Å². The molecule has 0 aromatic carbocycles. The molecule has 0 spiro atoms. The molecular formula is C13H19FN6O. The van der Waals surface area contributed by atoms with Crippen LogP contribution in [0.15, 0.2) is 29.7 Å². The van der Waals surface area contributed by atoms with E-state index in [1.165, 1.54) is 17.9 Å². The first-order chi connectivity index (χ1) is 10.1. The number of rotatable bonds is 6. The fraction of sp³-hybridized carbons (Fsp3) is 0.462. The lowest BCUT2D eigenvalue weighted by molar-refractivity contribution is 0.0958. The largest absolute Gasteiger partial charge is 0.354 e. The molecule has 0 saturated heterocycles. The summed E-state index contributed by atoms with van der Waals surface area (Å²) in [4.78, 5) is 11.3. The molecule has 8 heteroatoms. The van der Waals surface area contributed by atoms with E-state index in [9.17, 15) is 9.18 Å². The summed E-state index contributed by atoms with van der Waals surface area (Å²) in [5.41, 5.74) is 8.12. The van der Waals surface area contributed by atoms with E-state index >= 15 is 0 Å². The molecule has 1 amide bonds. The summed E-state index contributed by atoms with van der Waals surface area (Å²) in [7, 11) is 1.51. The molecule has 7 nitrogen and oxygen atoms in total. The van der Waals surface area contributed by atoms with E-state index < -0.39 is 6.17 Å².